The van der Waals surface area contributed by atoms with Crippen molar-refractivity contribution in [3.63, 3.8) is 0 Å². The number of amides is 2. The first-order valence-corrected chi connectivity index (χ1v) is 13.2. The van der Waals surface area contributed by atoms with Gasteiger partial charge in [0.1, 0.15) is 11.4 Å². The lowest BCUT2D eigenvalue weighted by Crippen LogP contribution is -2.32. The van der Waals surface area contributed by atoms with Crippen LogP contribution in [0.1, 0.15) is 34.8 Å². The van der Waals surface area contributed by atoms with Gasteiger partial charge in [0.05, 0.1) is 12.8 Å². The molecule has 2 N–H and O–H groups in total. The number of carbonyl (C=O) groups excluding carboxylic acids is 2. The van der Waals surface area contributed by atoms with Crippen LogP contribution in [0.2, 0.25) is 0 Å². The molecular formula is C34H29N3O3. The van der Waals surface area contributed by atoms with E-state index in [0.29, 0.717) is 12.2 Å². The summed E-state index contributed by atoms with van der Waals surface area (Å²) in [6.45, 7) is 2.67. The molecular weight excluding hydrogens is 498 g/mol. The summed E-state index contributed by atoms with van der Waals surface area (Å²) in [4.78, 5) is 26.2. The number of carbonyl (C=O) groups is 2. The predicted molar refractivity (Wildman–Crippen MR) is 161 cm³/mol. The Kier molecular flexibility index (Phi) is 8.27. The molecule has 0 bridgehead atoms. The molecule has 0 spiro atoms. The fourth-order valence-electron chi connectivity index (χ4n) is 4.39. The van der Waals surface area contributed by atoms with E-state index < -0.39 is 11.8 Å². The van der Waals surface area contributed by atoms with E-state index in [1.807, 2.05) is 73.7 Å². The van der Waals surface area contributed by atoms with Gasteiger partial charge in [0.2, 0.25) is 0 Å². The van der Waals surface area contributed by atoms with Crippen LogP contribution in [-0.4, -0.2) is 24.6 Å². The van der Waals surface area contributed by atoms with Crippen LogP contribution in [0.15, 0.2) is 120 Å². The Morgan fingerprint density at radius 2 is 1.43 bits per heavy atom. The molecule has 6 heteroatoms. The van der Waals surface area contributed by atoms with Crippen LogP contribution in [-0.2, 0) is 4.79 Å². The molecule has 40 heavy (non-hydrogen) atoms. The maximum absolute atomic E-state index is 13.3. The highest BCUT2D eigenvalue weighted by Gasteiger charge is 2.15. The summed E-state index contributed by atoms with van der Waals surface area (Å²) in [5, 5.41) is 11.2. The zero-order valence-corrected chi connectivity index (χ0v) is 22.1. The van der Waals surface area contributed by atoms with E-state index >= 15 is 0 Å². The van der Waals surface area contributed by atoms with Gasteiger partial charge in [-0.15, -0.1) is 0 Å². The Morgan fingerprint density at radius 3 is 2.08 bits per heavy atom. The van der Waals surface area contributed by atoms with Crippen molar-refractivity contribution >= 4 is 45.6 Å². The van der Waals surface area contributed by atoms with Crippen molar-refractivity contribution in [3.05, 3.63) is 132 Å². The number of benzene rings is 5. The summed E-state index contributed by atoms with van der Waals surface area (Å²) in [6.07, 6.45) is 4.17. The van der Waals surface area contributed by atoms with Crippen LogP contribution < -0.4 is 15.5 Å². The molecule has 0 radical (unpaired) electrons. The molecule has 0 atom stereocenters. The third-order valence-corrected chi connectivity index (χ3v) is 6.37. The minimum Gasteiger partial charge on any atom is -0.494 e. The van der Waals surface area contributed by atoms with Gasteiger partial charge in [0.15, 0.2) is 0 Å². The quantitative estimate of drug-likeness (QED) is 0.0969. The molecule has 5 aromatic rings. The Morgan fingerprint density at radius 1 is 0.800 bits per heavy atom. The minimum absolute atomic E-state index is 0.0657. The van der Waals surface area contributed by atoms with Gasteiger partial charge in [-0.25, -0.2) is 5.43 Å². The second kappa shape index (κ2) is 12.5. The van der Waals surface area contributed by atoms with E-state index in [-0.39, 0.29) is 5.70 Å². The molecule has 198 valence electrons. The topological polar surface area (TPSA) is 79.8 Å². The van der Waals surface area contributed by atoms with Crippen LogP contribution in [0.5, 0.6) is 5.75 Å². The van der Waals surface area contributed by atoms with Gasteiger partial charge in [-0.05, 0) is 69.9 Å². The zero-order chi connectivity index (χ0) is 27.7. The molecule has 0 unspecified atom stereocenters. The largest absolute Gasteiger partial charge is 0.494 e. The van der Waals surface area contributed by atoms with Crippen LogP contribution in [0.3, 0.4) is 0 Å². The molecule has 5 aromatic carbocycles. The monoisotopic (exact) mass is 527 g/mol. The molecule has 0 saturated heterocycles. The predicted octanol–water partition coefficient (Wildman–Crippen LogP) is 6.70. The summed E-state index contributed by atoms with van der Waals surface area (Å²) >= 11 is 0. The summed E-state index contributed by atoms with van der Waals surface area (Å²) < 4.78 is 5.65. The molecule has 0 aliphatic heterocycles. The maximum atomic E-state index is 13.3. The summed E-state index contributed by atoms with van der Waals surface area (Å²) in [7, 11) is 0. The van der Waals surface area contributed by atoms with Crippen molar-refractivity contribution < 1.29 is 14.3 Å². The number of fused-ring (bicyclic) bond motifs is 2. The van der Waals surface area contributed by atoms with Gasteiger partial charge in [-0.3, -0.25) is 9.59 Å². The average molecular weight is 528 g/mol. The van der Waals surface area contributed by atoms with Crippen molar-refractivity contribution in [2.45, 2.75) is 13.3 Å². The fraction of sp³-hybridized carbons (Fsp3) is 0.0882. The summed E-state index contributed by atoms with van der Waals surface area (Å²) in [5.74, 6) is -0.199. The Hall–Kier alpha value is -5.23. The lowest BCUT2D eigenvalue weighted by Gasteiger charge is -2.10. The van der Waals surface area contributed by atoms with Gasteiger partial charge in [-0.2, -0.15) is 5.10 Å². The van der Waals surface area contributed by atoms with E-state index in [1.54, 1.807) is 36.6 Å². The zero-order valence-electron chi connectivity index (χ0n) is 22.1. The molecule has 0 aliphatic carbocycles. The van der Waals surface area contributed by atoms with E-state index in [2.05, 4.69) is 34.0 Å². The highest BCUT2D eigenvalue weighted by molar-refractivity contribution is 6.13. The normalized spacial score (nSPS) is 11.6. The van der Waals surface area contributed by atoms with Gasteiger partial charge < -0.3 is 10.1 Å². The lowest BCUT2D eigenvalue weighted by atomic mass is 9.97. The van der Waals surface area contributed by atoms with Crippen molar-refractivity contribution in [1.82, 2.24) is 10.7 Å². The standard InChI is InChI=1S/C34H29N3O3/c1-2-20-40-28-18-16-24(17-19-28)21-32(36-33(38)25-10-4-3-5-11-25)34(39)37-35-23-31-29-14-8-6-12-26(29)22-27-13-7-9-15-30(27)31/h3-19,21-23H,2,20H2,1H3,(H,36,38)(H,37,39)/b32-21-,35-23+. The Labute approximate surface area is 233 Å². The first kappa shape index (κ1) is 26.4. The highest BCUT2D eigenvalue weighted by Crippen LogP contribution is 2.27. The smallest absolute Gasteiger partial charge is 0.287 e. The van der Waals surface area contributed by atoms with Crippen molar-refractivity contribution in [3.8, 4) is 5.75 Å². The van der Waals surface area contributed by atoms with E-state index in [0.717, 1.165) is 44.8 Å². The number of ether oxygens (including phenoxy) is 1. The summed E-state index contributed by atoms with van der Waals surface area (Å²) in [6, 6.07) is 34.3. The van der Waals surface area contributed by atoms with Gasteiger partial charge in [0, 0.05) is 11.1 Å². The van der Waals surface area contributed by atoms with Gasteiger partial charge >= 0.3 is 0 Å². The van der Waals surface area contributed by atoms with E-state index in [4.69, 9.17) is 4.74 Å². The number of hydrogen-bond donors (Lipinski definition) is 2. The van der Waals surface area contributed by atoms with E-state index in [9.17, 15) is 9.59 Å². The Bertz CT molecular complexity index is 1650. The van der Waals surface area contributed by atoms with Crippen LogP contribution in [0.4, 0.5) is 0 Å². The van der Waals surface area contributed by atoms with Crippen molar-refractivity contribution in [2.75, 3.05) is 6.61 Å². The minimum atomic E-state index is -0.545. The first-order valence-electron chi connectivity index (χ1n) is 13.2. The molecule has 0 heterocycles. The fourth-order valence-corrected chi connectivity index (χ4v) is 4.39. The number of hydrazone groups is 1. The van der Waals surface area contributed by atoms with Crippen LogP contribution in [0.25, 0.3) is 27.6 Å². The van der Waals surface area contributed by atoms with Crippen LogP contribution in [0, 0.1) is 0 Å². The highest BCUT2D eigenvalue weighted by atomic mass is 16.5. The average Bonchev–Trinajstić information content (AvgIpc) is 3.00. The molecule has 6 nitrogen and oxygen atoms in total. The number of nitrogens with zero attached hydrogens (tertiary/aromatic N) is 1. The second-order valence-electron chi connectivity index (χ2n) is 9.23. The number of hydrogen-bond acceptors (Lipinski definition) is 4. The third-order valence-electron chi connectivity index (χ3n) is 6.37. The van der Waals surface area contributed by atoms with Crippen molar-refractivity contribution in [1.29, 1.82) is 0 Å². The second-order valence-corrected chi connectivity index (χ2v) is 9.23. The SMILES string of the molecule is CCCOc1ccc(/C=C(\NC(=O)c2ccccc2)C(=O)N/N=C/c2c3ccccc3cc3ccccc23)cc1. The molecule has 0 fully saturated rings. The molecule has 2 amide bonds. The number of nitrogens with one attached hydrogen (secondary N) is 2. The molecule has 0 saturated carbocycles. The van der Waals surface area contributed by atoms with Gasteiger partial charge in [0.25, 0.3) is 11.8 Å². The molecule has 5 rings (SSSR count). The third kappa shape index (κ3) is 6.25. The molecule has 0 aliphatic rings. The molecule has 0 aromatic heterocycles. The van der Waals surface area contributed by atoms with Gasteiger partial charge in [-0.1, -0.05) is 85.8 Å². The number of rotatable bonds is 9. The van der Waals surface area contributed by atoms with Crippen LogP contribution >= 0.6 is 0 Å². The first-order chi connectivity index (χ1) is 19.6. The summed E-state index contributed by atoms with van der Waals surface area (Å²) in [5.41, 5.74) is 4.73. The van der Waals surface area contributed by atoms with Crippen molar-refractivity contribution in [2.24, 2.45) is 5.10 Å². The maximum Gasteiger partial charge on any atom is 0.287 e. The lowest BCUT2D eigenvalue weighted by molar-refractivity contribution is -0.117. The Balaban J connectivity index is 1.43. The van der Waals surface area contributed by atoms with E-state index in [1.165, 1.54) is 0 Å².